The van der Waals surface area contributed by atoms with Gasteiger partial charge in [0.2, 0.25) is 0 Å². The molecule has 1 unspecified atom stereocenters. The van der Waals surface area contributed by atoms with E-state index in [0.29, 0.717) is 5.56 Å². The van der Waals surface area contributed by atoms with Gasteiger partial charge in [-0.05, 0) is 18.1 Å². The van der Waals surface area contributed by atoms with E-state index < -0.39 is 16.8 Å². The summed E-state index contributed by atoms with van der Waals surface area (Å²) in [7, 11) is 0. The van der Waals surface area contributed by atoms with E-state index in [9.17, 15) is 14.9 Å². The molecule has 1 aromatic rings. The van der Waals surface area contributed by atoms with Gasteiger partial charge in [-0.1, -0.05) is 6.07 Å². The number of hydrogen-bond acceptors (Lipinski definition) is 4. The molecule has 0 bridgehead atoms. The van der Waals surface area contributed by atoms with E-state index in [1.807, 2.05) is 0 Å². The van der Waals surface area contributed by atoms with Crippen molar-refractivity contribution in [2.75, 3.05) is 0 Å². The summed E-state index contributed by atoms with van der Waals surface area (Å²) in [5.74, 6) is -2.56. The van der Waals surface area contributed by atoms with Crippen LogP contribution in [0.3, 0.4) is 0 Å². The van der Waals surface area contributed by atoms with Crippen LogP contribution in [0, 0.1) is 28.4 Å². The van der Waals surface area contributed by atoms with Crippen LogP contribution in [0.4, 0.5) is 5.69 Å². The van der Waals surface area contributed by atoms with Crippen molar-refractivity contribution in [3.8, 4) is 6.07 Å². The Bertz CT molecular complexity index is 490. The fourth-order valence-electron chi connectivity index (χ4n) is 1.36. The fraction of sp³-hybridized carbons (Fsp3) is 0.200. The third-order valence-corrected chi connectivity index (χ3v) is 2.15. The minimum atomic E-state index is -1.29. The monoisotopic (exact) mass is 220 g/mol. The Morgan fingerprint density at radius 1 is 1.62 bits per heavy atom. The van der Waals surface area contributed by atoms with Crippen LogP contribution in [0.15, 0.2) is 18.2 Å². The molecule has 6 heteroatoms. The first-order chi connectivity index (χ1) is 7.47. The van der Waals surface area contributed by atoms with Crippen LogP contribution in [0.1, 0.15) is 17.0 Å². The molecule has 1 aromatic carbocycles. The van der Waals surface area contributed by atoms with Crippen LogP contribution < -0.4 is 0 Å². The van der Waals surface area contributed by atoms with E-state index in [1.54, 1.807) is 6.07 Å². The van der Waals surface area contributed by atoms with Gasteiger partial charge < -0.3 is 5.11 Å². The Hall–Kier alpha value is -2.42. The van der Waals surface area contributed by atoms with Gasteiger partial charge in [0.15, 0.2) is 5.92 Å². The summed E-state index contributed by atoms with van der Waals surface area (Å²) in [6, 6.07) is 5.38. The van der Waals surface area contributed by atoms with Gasteiger partial charge in [0.25, 0.3) is 5.69 Å². The molecule has 0 heterocycles. The number of nitro benzene ring substituents is 1. The zero-order chi connectivity index (χ0) is 12.3. The van der Waals surface area contributed by atoms with E-state index in [-0.39, 0.29) is 11.3 Å². The summed E-state index contributed by atoms with van der Waals surface area (Å²) in [5.41, 5.74) is 0.576. The molecule has 16 heavy (non-hydrogen) atoms. The van der Waals surface area contributed by atoms with Crippen LogP contribution in [0.25, 0.3) is 0 Å². The summed E-state index contributed by atoms with van der Waals surface area (Å²) in [4.78, 5) is 20.6. The van der Waals surface area contributed by atoms with Crippen molar-refractivity contribution < 1.29 is 14.8 Å². The lowest BCUT2D eigenvalue weighted by Gasteiger charge is -2.07. The van der Waals surface area contributed by atoms with Crippen molar-refractivity contribution in [3.05, 3.63) is 39.4 Å². The zero-order valence-electron chi connectivity index (χ0n) is 8.38. The Kier molecular flexibility index (Phi) is 3.20. The third kappa shape index (κ3) is 2.15. The summed E-state index contributed by atoms with van der Waals surface area (Å²) in [5, 5.41) is 27.9. The molecule has 1 N–H and O–H groups in total. The normalized spacial score (nSPS) is 11.5. The van der Waals surface area contributed by atoms with Crippen LogP contribution >= 0.6 is 0 Å². The first-order valence-corrected chi connectivity index (χ1v) is 4.34. The molecule has 82 valence electrons. The lowest BCUT2D eigenvalue weighted by atomic mass is 9.96. The van der Waals surface area contributed by atoms with Gasteiger partial charge >= 0.3 is 5.97 Å². The number of nitriles is 1. The molecule has 0 saturated carbocycles. The molecule has 1 atom stereocenters. The maximum atomic E-state index is 10.7. The predicted molar refractivity (Wildman–Crippen MR) is 53.8 cm³/mol. The Morgan fingerprint density at radius 3 is 2.62 bits per heavy atom. The number of nitro groups is 1. The lowest BCUT2D eigenvalue weighted by Crippen LogP contribution is -2.10. The van der Waals surface area contributed by atoms with Gasteiger partial charge in [-0.2, -0.15) is 5.26 Å². The van der Waals surface area contributed by atoms with Crippen molar-refractivity contribution in [2.45, 2.75) is 12.8 Å². The highest BCUT2D eigenvalue weighted by Gasteiger charge is 2.22. The molecule has 0 aromatic heterocycles. The Labute approximate surface area is 90.9 Å². The van der Waals surface area contributed by atoms with Crippen molar-refractivity contribution in [1.29, 1.82) is 5.26 Å². The number of non-ortho nitro benzene ring substituents is 1. The van der Waals surface area contributed by atoms with Crippen molar-refractivity contribution in [2.24, 2.45) is 0 Å². The molecule has 0 spiro atoms. The van der Waals surface area contributed by atoms with Gasteiger partial charge in [-0.15, -0.1) is 0 Å². The molecule has 0 fully saturated rings. The number of benzene rings is 1. The number of carbonyl (C=O) groups is 1. The molecular weight excluding hydrogens is 212 g/mol. The molecular formula is C10H8N2O4. The third-order valence-electron chi connectivity index (χ3n) is 2.15. The molecule has 0 amide bonds. The molecule has 0 radical (unpaired) electrons. The zero-order valence-corrected chi connectivity index (χ0v) is 8.38. The maximum Gasteiger partial charge on any atom is 0.325 e. The Balaban J connectivity index is 3.23. The first kappa shape index (κ1) is 11.7. The number of hydrogen-bond donors (Lipinski definition) is 1. The standard InChI is InChI=1S/C10H8N2O4/c1-6-4-7(12(15)16)2-3-8(6)9(5-11)10(13)14/h2-4,9H,1H3,(H,13,14). The molecule has 0 aliphatic heterocycles. The quantitative estimate of drug-likeness (QED) is 0.615. The summed E-state index contributed by atoms with van der Waals surface area (Å²) in [6.07, 6.45) is 0. The molecule has 0 saturated heterocycles. The summed E-state index contributed by atoms with van der Waals surface area (Å²) >= 11 is 0. The van der Waals surface area contributed by atoms with E-state index in [2.05, 4.69) is 0 Å². The number of carboxylic acid groups (broad SMARTS) is 1. The lowest BCUT2D eigenvalue weighted by molar-refractivity contribution is -0.384. The van der Waals surface area contributed by atoms with Crippen LogP contribution in [-0.2, 0) is 4.79 Å². The van der Waals surface area contributed by atoms with Gasteiger partial charge in [-0.3, -0.25) is 14.9 Å². The van der Waals surface area contributed by atoms with E-state index in [1.165, 1.54) is 25.1 Å². The number of nitrogens with zero attached hydrogens (tertiary/aromatic N) is 2. The average Bonchev–Trinajstić information content (AvgIpc) is 2.20. The Morgan fingerprint density at radius 2 is 2.25 bits per heavy atom. The molecule has 1 rings (SSSR count). The van der Waals surface area contributed by atoms with Crippen LogP contribution in [-0.4, -0.2) is 16.0 Å². The van der Waals surface area contributed by atoms with Crippen molar-refractivity contribution >= 4 is 11.7 Å². The average molecular weight is 220 g/mol. The number of carboxylic acids is 1. The SMILES string of the molecule is Cc1cc([N+](=O)[O-])ccc1C(C#N)C(=O)O. The van der Waals surface area contributed by atoms with E-state index in [0.717, 1.165) is 0 Å². The molecule has 0 aliphatic rings. The van der Waals surface area contributed by atoms with Gasteiger partial charge in [0, 0.05) is 12.1 Å². The predicted octanol–water partition coefficient (Wildman–Crippen LogP) is 1.59. The second kappa shape index (κ2) is 4.40. The number of aryl methyl sites for hydroxylation is 1. The number of aliphatic carboxylic acids is 1. The van der Waals surface area contributed by atoms with Crippen LogP contribution in [0.5, 0.6) is 0 Å². The smallest absolute Gasteiger partial charge is 0.325 e. The van der Waals surface area contributed by atoms with Crippen LogP contribution in [0.2, 0.25) is 0 Å². The van der Waals surface area contributed by atoms with Gasteiger partial charge in [0.05, 0.1) is 11.0 Å². The fourth-order valence-corrected chi connectivity index (χ4v) is 1.36. The van der Waals surface area contributed by atoms with Crippen molar-refractivity contribution in [1.82, 2.24) is 0 Å². The highest BCUT2D eigenvalue weighted by molar-refractivity contribution is 5.80. The molecule has 0 aliphatic carbocycles. The minimum Gasteiger partial charge on any atom is -0.480 e. The topological polar surface area (TPSA) is 104 Å². The first-order valence-electron chi connectivity index (χ1n) is 4.34. The van der Waals surface area contributed by atoms with E-state index in [4.69, 9.17) is 10.4 Å². The summed E-state index contributed by atoms with van der Waals surface area (Å²) < 4.78 is 0. The van der Waals surface area contributed by atoms with Crippen molar-refractivity contribution in [3.63, 3.8) is 0 Å². The van der Waals surface area contributed by atoms with Gasteiger partial charge in [-0.25, -0.2) is 0 Å². The van der Waals surface area contributed by atoms with Gasteiger partial charge in [0.1, 0.15) is 0 Å². The maximum absolute atomic E-state index is 10.7. The number of rotatable bonds is 3. The highest BCUT2D eigenvalue weighted by Crippen LogP contribution is 2.23. The largest absolute Gasteiger partial charge is 0.480 e. The highest BCUT2D eigenvalue weighted by atomic mass is 16.6. The second-order valence-corrected chi connectivity index (χ2v) is 3.20. The minimum absolute atomic E-state index is 0.122. The van der Waals surface area contributed by atoms with E-state index >= 15 is 0 Å². The molecule has 6 nitrogen and oxygen atoms in total. The second-order valence-electron chi connectivity index (χ2n) is 3.20. The summed E-state index contributed by atoms with van der Waals surface area (Å²) in [6.45, 7) is 1.54.